The normalized spacial score (nSPS) is 10.5. The maximum atomic E-state index is 12.4. The van der Waals surface area contributed by atoms with Gasteiger partial charge in [0.1, 0.15) is 5.75 Å². The molecule has 0 aliphatic carbocycles. The molecule has 0 saturated heterocycles. The van der Waals surface area contributed by atoms with Crippen molar-refractivity contribution in [3.05, 3.63) is 71.4 Å². The number of rotatable bonds is 7. The first-order valence-electron chi connectivity index (χ1n) is 8.30. The number of aromatic nitrogens is 1. The van der Waals surface area contributed by atoms with Crippen molar-refractivity contribution < 1.29 is 14.1 Å². The van der Waals surface area contributed by atoms with Gasteiger partial charge in [0.2, 0.25) is 0 Å². The van der Waals surface area contributed by atoms with Crippen LogP contribution in [0.4, 0.5) is 0 Å². The van der Waals surface area contributed by atoms with Gasteiger partial charge in [-0.1, -0.05) is 59.2 Å². The van der Waals surface area contributed by atoms with Crippen LogP contribution in [0.1, 0.15) is 16.9 Å². The van der Waals surface area contributed by atoms with Crippen LogP contribution in [-0.2, 0) is 0 Å². The van der Waals surface area contributed by atoms with Crippen molar-refractivity contribution >= 4 is 17.5 Å². The molecule has 26 heavy (non-hydrogen) atoms. The van der Waals surface area contributed by atoms with Crippen molar-refractivity contribution in [1.82, 2.24) is 10.1 Å². The smallest absolute Gasteiger partial charge is 0.275 e. The highest BCUT2D eigenvalue weighted by atomic mass is 35.5. The van der Waals surface area contributed by atoms with Gasteiger partial charge < -0.3 is 14.2 Å². The molecule has 5 nitrogen and oxygen atoms in total. The summed E-state index contributed by atoms with van der Waals surface area (Å²) in [4.78, 5) is 14.0. The van der Waals surface area contributed by atoms with Crippen molar-refractivity contribution in [1.29, 1.82) is 0 Å². The molecule has 0 atom stereocenters. The van der Waals surface area contributed by atoms with E-state index in [2.05, 4.69) is 5.16 Å². The largest absolute Gasteiger partial charge is 0.492 e. The topological polar surface area (TPSA) is 55.6 Å². The Kier molecular flexibility index (Phi) is 5.92. The predicted octanol–water partition coefficient (Wildman–Crippen LogP) is 4.54. The zero-order valence-electron chi connectivity index (χ0n) is 14.4. The second kappa shape index (κ2) is 8.54. The van der Waals surface area contributed by atoms with Crippen LogP contribution in [0.5, 0.6) is 5.75 Å². The lowest BCUT2D eigenvalue weighted by Gasteiger charge is -2.15. The number of para-hydroxylation sites is 1. The monoisotopic (exact) mass is 370 g/mol. The van der Waals surface area contributed by atoms with Crippen LogP contribution in [-0.4, -0.2) is 36.2 Å². The van der Waals surface area contributed by atoms with Gasteiger partial charge in [-0.25, -0.2) is 0 Å². The second-order valence-electron chi connectivity index (χ2n) is 5.80. The average molecular weight is 371 g/mol. The van der Waals surface area contributed by atoms with E-state index in [0.717, 1.165) is 5.56 Å². The molecule has 134 valence electrons. The summed E-state index contributed by atoms with van der Waals surface area (Å²) in [6.07, 6.45) is 0.677. The van der Waals surface area contributed by atoms with Crippen molar-refractivity contribution in [2.24, 2.45) is 0 Å². The number of carbonyl (C=O) groups is 1. The summed E-state index contributed by atoms with van der Waals surface area (Å²) in [7, 11) is 1.73. The van der Waals surface area contributed by atoms with E-state index in [0.29, 0.717) is 41.8 Å². The van der Waals surface area contributed by atoms with E-state index >= 15 is 0 Å². The van der Waals surface area contributed by atoms with E-state index in [1.54, 1.807) is 24.1 Å². The lowest BCUT2D eigenvalue weighted by Crippen LogP contribution is -2.28. The van der Waals surface area contributed by atoms with E-state index in [4.69, 9.17) is 20.9 Å². The van der Waals surface area contributed by atoms with Crippen molar-refractivity contribution in [2.45, 2.75) is 6.42 Å². The molecular formula is C20H19ClN2O3. The molecule has 6 heteroatoms. The molecule has 3 aromatic rings. The lowest BCUT2D eigenvalue weighted by atomic mass is 10.1. The van der Waals surface area contributed by atoms with Gasteiger partial charge in [-0.2, -0.15) is 0 Å². The first-order chi connectivity index (χ1) is 12.6. The van der Waals surface area contributed by atoms with E-state index < -0.39 is 0 Å². The number of benzene rings is 2. The Morgan fingerprint density at radius 3 is 2.65 bits per heavy atom. The molecular weight excluding hydrogens is 352 g/mol. The second-order valence-corrected chi connectivity index (χ2v) is 6.21. The third kappa shape index (κ3) is 4.43. The summed E-state index contributed by atoms with van der Waals surface area (Å²) in [5.41, 5.74) is 1.17. The van der Waals surface area contributed by atoms with Crippen molar-refractivity contribution in [2.75, 3.05) is 20.2 Å². The molecule has 0 saturated carbocycles. The SMILES string of the molecule is CN(CCCOc1ccccc1Cl)C(=O)c1cc(-c2ccccc2)on1. The molecule has 0 bridgehead atoms. The van der Waals surface area contributed by atoms with Gasteiger partial charge in [-0.15, -0.1) is 0 Å². The molecule has 0 aliphatic heterocycles. The maximum Gasteiger partial charge on any atom is 0.275 e. The number of halogens is 1. The molecule has 1 aromatic heterocycles. The zero-order valence-corrected chi connectivity index (χ0v) is 15.1. The first kappa shape index (κ1) is 18.0. The Morgan fingerprint density at radius 1 is 1.15 bits per heavy atom. The van der Waals surface area contributed by atoms with E-state index in [1.807, 2.05) is 48.5 Å². The summed E-state index contributed by atoms with van der Waals surface area (Å²) >= 11 is 6.04. The number of carbonyl (C=O) groups excluding carboxylic acids is 1. The maximum absolute atomic E-state index is 12.4. The molecule has 0 fully saturated rings. The number of ether oxygens (including phenoxy) is 1. The van der Waals surface area contributed by atoms with Gasteiger partial charge in [0.05, 0.1) is 11.6 Å². The minimum Gasteiger partial charge on any atom is -0.492 e. The van der Waals surface area contributed by atoms with Gasteiger partial charge in [0.25, 0.3) is 5.91 Å². The molecule has 1 amide bonds. The molecule has 0 spiro atoms. The molecule has 3 rings (SSSR count). The minimum atomic E-state index is -0.186. The summed E-state index contributed by atoms with van der Waals surface area (Å²) in [5, 5.41) is 4.46. The van der Waals surface area contributed by atoms with E-state index in [9.17, 15) is 4.79 Å². The summed E-state index contributed by atoms with van der Waals surface area (Å²) < 4.78 is 10.9. The Hall–Kier alpha value is -2.79. The van der Waals surface area contributed by atoms with Gasteiger partial charge in [0, 0.05) is 25.2 Å². The molecule has 0 unspecified atom stereocenters. The Balaban J connectivity index is 1.50. The van der Waals surface area contributed by atoms with Gasteiger partial charge >= 0.3 is 0 Å². The molecule has 0 N–H and O–H groups in total. The zero-order chi connectivity index (χ0) is 18.4. The molecule has 0 radical (unpaired) electrons. The van der Waals surface area contributed by atoms with E-state index in [-0.39, 0.29) is 5.91 Å². The predicted molar refractivity (Wildman–Crippen MR) is 100 cm³/mol. The number of hydrogen-bond acceptors (Lipinski definition) is 4. The Bertz CT molecular complexity index is 864. The van der Waals surface area contributed by atoms with Gasteiger partial charge in [-0.05, 0) is 18.6 Å². The van der Waals surface area contributed by atoms with E-state index in [1.165, 1.54) is 0 Å². The fourth-order valence-corrected chi connectivity index (χ4v) is 2.65. The van der Waals surface area contributed by atoms with Crippen LogP contribution >= 0.6 is 11.6 Å². The lowest BCUT2D eigenvalue weighted by molar-refractivity contribution is 0.0777. The first-order valence-corrected chi connectivity index (χ1v) is 8.68. The average Bonchev–Trinajstić information content (AvgIpc) is 3.16. The van der Waals surface area contributed by atoms with Gasteiger partial charge in [0.15, 0.2) is 11.5 Å². The summed E-state index contributed by atoms with van der Waals surface area (Å²) in [5.74, 6) is 1.03. The number of amides is 1. The molecule has 2 aromatic carbocycles. The highest BCUT2D eigenvalue weighted by Crippen LogP contribution is 2.23. The van der Waals surface area contributed by atoms with Crippen LogP contribution < -0.4 is 4.74 Å². The van der Waals surface area contributed by atoms with Crippen LogP contribution in [0, 0.1) is 0 Å². The fraction of sp³-hybridized carbons (Fsp3) is 0.200. The standard InChI is InChI=1S/C20H19ClN2O3/c1-23(12-7-13-25-18-11-6-5-10-16(18)21)20(24)17-14-19(26-22-17)15-8-3-2-4-9-15/h2-6,8-11,14H,7,12-13H2,1H3. The van der Waals surface area contributed by atoms with Crippen LogP contribution in [0.25, 0.3) is 11.3 Å². The summed E-state index contributed by atoms with van der Waals surface area (Å²) in [6, 6.07) is 18.5. The summed E-state index contributed by atoms with van der Waals surface area (Å²) in [6.45, 7) is 1.01. The van der Waals surface area contributed by atoms with Gasteiger partial charge in [-0.3, -0.25) is 4.79 Å². The third-order valence-corrected chi connectivity index (χ3v) is 4.18. The van der Waals surface area contributed by atoms with Crippen LogP contribution in [0.2, 0.25) is 5.02 Å². The van der Waals surface area contributed by atoms with Crippen LogP contribution in [0.3, 0.4) is 0 Å². The third-order valence-electron chi connectivity index (χ3n) is 3.87. The minimum absolute atomic E-state index is 0.186. The highest BCUT2D eigenvalue weighted by Gasteiger charge is 2.17. The number of hydrogen-bond donors (Lipinski definition) is 0. The Morgan fingerprint density at radius 2 is 1.88 bits per heavy atom. The van der Waals surface area contributed by atoms with Crippen molar-refractivity contribution in [3.8, 4) is 17.1 Å². The number of nitrogens with zero attached hydrogens (tertiary/aromatic N) is 2. The highest BCUT2D eigenvalue weighted by molar-refractivity contribution is 6.32. The van der Waals surface area contributed by atoms with Crippen LogP contribution in [0.15, 0.2) is 65.2 Å². The van der Waals surface area contributed by atoms with Crippen molar-refractivity contribution in [3.63, 3.8) is 0 Å². The molecule has 0 aliphatic rings. The quantitative estimate of drug-likeness (QED) is 0.573. The Labute approximate surface area is 157 Å². The fourth-order valence-electron chi connectivity index (χ4n) is 2.46. The molecule has 1 heterocycles.